The number of benzene rings is 2. The molecule has 0 spiro atoms. The van der Waals surface area contributed by atoms with Gasteiger partial charge in [-0.15, -0.1) is 0 Å². The summed E-state index contributed by atoms with van der Waals surface area (Å²) in [5.74, 6) is 0.475. The van der Waals surface area contributed by atoms with Crippen LogP contribution in [-0.4, -0.2) is 76.3 Å². The second-order valence-electron chi connectivity index (χ2n) is 8.37. The Morgan fingerprint density at radius 1 is 0.917 bits per heavy atom. The molecule has 1 aliphatic heterocycles. The lowest BCUT2D eigenvalue weighted by atomic mass is 10.1. The van der Waals surface area contributed by atoms with Crippen molar-refractivity contribution < 1.29 is 19.1 Å². The van der Waals surface area contributed by atoms with E-state index < -0.39 is 0 Å². The van der Waals surface area contributed by atoms with Crippen LogP contribution in [0.15, 0.2) is 66.7 Å². The van der Waals surface area contributed by atoms with Crippen LogP contribution in [0.2, 0.25) is 0 Å². The van der Waals surface area contributed by atoms with Crippen LogP contribution in [0.3, 0.4) is 0 Å². The van der Waals surface area contributed by atoms with E-state index in [4.69, 9.17) is 14.6 Å². The highest BCUT2D eigenvalue weighted by molar-refractivity contribution is 5.94. The third-order valence-corrected chi connectivity index (χ3v) is 6.19. The molecule has 1 fully saturated rings. The van der Waals surface area contributed by atoms with Crippen LogP contribution in [0, 0.1) is 0 Å². The minimum atomic E-state index is -0.352. The van der Waals surface area contributed by atoms with Gasteiger partial charge in [-0.25, -0.2) is 14.3 Å². The normalized spacial score (nSPS) is 13.6. The van der Waals surface area contributed by atoms with Crippen LogP contribution in [0.1, 0.15) is 17.4 Å². The summed E-state index contributed by atoms with van der Waals surface area (Å²) in [6, 6.07) is 21.1. The van der Waals surface area contributed by atoms with Gasteiger partial charge in [-0.05, 0) is 25.1 Å². The van der Waals surface area contributed by atoms with Gasteiger partial charge in [-0.1, -0.05) is 42.5 Å². The SMILES string of the molecule is CCOC(=O)N1CCN(C(=O)c2cc(-c3ccccc3OC)n3nc(-c4ccccc4)cc3n2)CC1. The molecule has 1 aliphatic rings. The van der Waals surface area contributed by atoms with Gasteiger partial charge in [0.1, 0.15) is 11.4 Å². The zero-order chi connectivity index (χ0) is 25.1. The summed E-state index contributed by atoms with van der Waals surface area (Å²) in [6.07, 6.45) is -0.352. The second kappa shape index (κ2) is 10.1. The number of amides is 2. The maximum absolute atomic E-state index is 13.5. The summed E-state index contributed by atoms with van der Waals surface area (Å²) >= 11 is 0. The topological polar surface area (TPSA) is 89.3 Å². The molecule has 9 heteroatoms. The molecule has 2 amide bonds. The molecule has 9 nitrogen and oxygen atoms in total. The van der Waals surface area contributed by atoms with E-state index in [0.29, 0.717) is 55.6 Å². The van der Waals surface area contributed by atoms with Crippen molar-refractivity contribution in [2.45, 2.75) is 6.92 Å². The van der Waals surface area contributed by atoms with Crippen LogP contribution in [0.5, 0.6) is 5.75 Å². The first kappa shape index (κ1) is 23.3. The summed E-state index contributed by atoms with van der Waals surface area (Å²) in [6.45, 7) is 3.74. The van der Waals surface area contributed by atoms with E-state index in [1.165, 1.54) is 0 Å². The maximum atomic E-state index is 13.5. The van der Waals surface area contributed by atoms with Crippen molar-refractivity contribution in [2.24, 2.45) is 0 Å². The fourth-order valence-electron chi connectivity index (χ4n) is 4.35. The third-order valence-electron chi connectivity index (χ3n) is 6.19. The van der Waals surface area contributed by atoms with E-state index in [9.17, 15) is 9.59 Å². The first-order valence-electron chi connectivity index (χ1n) is 11.9. The lowest BCUT2D eigenvalue weighted by molar-refractivity contribution is 0.0566. The van der Waals surface area contributed by atoms with E-state index in [1.807, 2.05) is 60.7 Å². The second-order valence-corrected chi connectivity index (χ2v) is 8.37. The Morgan fingerprint density at radius 3 is 2.33 bits per heavy atom. The van der Waals surface area contributed by atoms with Gasteiger partial charge in [0, 0.05) is 43.4 Å². The van der Waals surface area contributed by atoms with Gasteiger partial charge in [0.15, 0.2) is 5.65 Å². The Labute approximate surface area is 208 Å². The highest BCUT2D eigenvalue weighted by atomic mass is 16.6. The molecule has 1 saturated heterocycles. The number of rotatable bonds is 5. The number of methoxy groups -OCH3 is 1. The molecule has 3 heterocycles. The molecule has 2 aromatic carbocycles. The molecule has 184 valence electrons. The van der Waals surface area contributed by atoms with E-state index in [-0.39, 0.29) is 12.0 Å². The molecule has 4 aromatic rings. The number of carbonyl (C=O) groups is 2. The number of hydrogen-bond donors (Lipinski definition) is 0. The van der Waals surface area contributed by atoms with Gasteiger partial charge in [-0.3, -0.25) is 4.79 Å². The lowest BCUT2D eigenvalue weighted by Crippen LogP contribution is -2.50. The predicted octanol–water partition coefficient (Wildman–Crippen LogP) is 3.99. The summed E-state index contributed by atoms with van der Waals surface area (Å²) in [4.78, 5) is 33.6. The van der Waals surface area contributed by atoms with Crippen molar-refractivity contribution in [1.29, 1.82) is 0 Å². The number of piperazine rings is 1. The lowest BCUT2D eigenvalue weighted by Gasteiger charge is -2.33. The largest absolute Gasteiger partial charge is 0.496 e. The quantitative estimate of drug-likeness (QED) is 0.425. The highest BCUT2D eigenvalue weighted by Gasteiger charge is 2.27. The van der Waals surface area contributed by atoms with E-state index >= 15 is 0 Å². The number of para-hydroxylation sites is 1. The number of nitrogens with zero attached hydrogens (tertiary/aromatic N) is 5. The fourth-order valence-corrected chi connectivity index (χ4v) is 4.35. The zero-order valence-corrected chi connectivity index (χ0v) is 20.3. The highest BCUT2D eigenvalue weighted by Crippen LogP contribution is 2.32. The van der Waals surface area contributed by atoms with Crippen molar-refractivity contribution in [3.63, 3.8) is 0 Å². The Morgan fingerprint density at radius 2 is 1.61 bits per heavy atom. The summed E-state index contributed by atoms with van der Waals surface area (Å²) in [5, 5.41) is 4.81. The Kier molecular flexibility index (Phi) is 6.53. The Bertz CT molecular complexity index is 1390. The molecular weight excluding hydrogens is 458 g/mol. The van der Waals surface area contributed by atoms with Crippen LogP contribution >= 0.6 is 0 Å². The molecule has 0 bridgehead atoms. The first-order valence-corrected chi connectivity index (χ1v) is 11.9. The standard InChI is InChI=1S/C27H27N5O4/c1-3-36-27(34)31-15-13-30(14-16-31)26(33)22-17-23(20-11-7-8-12-24(20)35-2)32-25(28-22)18-21(29-32)19-9-5-4-6-10-19/h4-12,17-18H,3,13-16H2,1-2H3. The fraction of sp³-hybridized carbons (Fsp3) is 0.259. The van der Waals surface area contributed by atoms with Gasteiger partial charge < -0.3 is 19.3 Å². The van der Waals surface area contributed by atoms with Crippen molar-refractivity contribution in [2.75, 3.05) is 39.9 Å². The first-order chi connectivity index (χ1) is 17.6. The average molecular weight is 486 g/mol. The van der Waals surface area contributed by atoms with E-state index in [0.717, 1.165) is 16.8 Å². The molecule has 5 rings (SSSR count). The number of hydrogen-bond acceptors (Lipinski definition) is 6. The minimum Gasteiger partial charge on any atom is -0.496 e. The van der Waals surface area contributed by atoms with Crippen molar-refractivity contribution in [1.82, 2.24) is 24.4 Å². The van der Waals surface area contributed by atoms with E-state index in [2.05, 4.69) is 4.98 Å². The number of carbonyl (C=O) groups excluding carboxylic acids is 2. The van der Waals surface area contributed by atoms with Crippen molar-refractivity contribution in [3.8, 4) is 28.3 Å². The van der Waals surface area contributed by atoms with Gasteiger partial charge in [-0.2, -0.15) is 5.10 Å². The summed E-state index contributed by atoms with van der Waals surface area (Å²) in [7, 11) is 1.62. The Balaban J connectivity index is 1.54. The molecule has 0 saturated carbocycles. The van der Waals surface area contributed by atoms with Crippen LogP contribution in [-0.2, 0) is 4.74 Å². The number of fused-ring (bicyclic) bond motifs is 1. The number of ether oxygens (including phenoxy) is 2. The minimum absolute atomic E-state index is 0.195. The summed E-state index contributed by atoms with van der Waals surface area (Å²) < 4.78 is 12.4. The van der Waals surface area contributed by atoms with Crippen LogP contribution < -0.4 is 4.74 Å². The molecule has 0 aliphatic carbocycles. The van der Waals surface area contributed by atoms with Gasteiger partial charge in [0.05, 0.1) is 25.1 Å². The maximum Gasteiger partial charge on any atom is 0.409 e. The van der Waals surface area contributed by atoms with Crippen molar-refractivity contribution in [3.05, 3.63) is 72.4 Å². The molecule has 0 N–H and O–H groups in total. The molecular formula is C27H27N5O4. The summed E-state index contributed by atoms with van der Waals surface area (Å²) in [5.41, 5.74) is 4.09. The van der Waals surface area contributed by atoms with Crippen LogP contribution in [0.25, 0.3) is 28.2 Å². The van der Waals surface area contributed by atoms with Crippen LogP contribution in [0.4, 0.5) is 4.79 Å². The smallest absolute Gasteiger partial charge is 0.409 e. The zero-order valence-electron chi connectivity index (χ0n) is 20.3. The average Bonchev–Trinajstić information content (AvgIpc) is 3.37. The Hall–Kier alpha value is -4.40. The van der Waals surface area contributed by atoms with Gasteiger partial charge in [0.2, 0.25) is 0 Å². The van der Waals surface area contributed by atoms with Gasteiger partial charge in [0.25, 0.3) is 5.91 Å². The molecule has 36 heavy (non-hydrogen) atoms. The molecule has 0 atom stereocenters. The predicted molar refractivity (Wildman–Crippen MR) is 135 cm³/mol. The third kappa shape index (κ3) is 4.47. The van der Waals surface area contributed by atoms with Gasteiger partial charge >= 0.3 is 6.09 Å². The van der Waals surface area contributed by atoms with E-state index in [1.54, 1.807) is 34.4 Å². The molecule has 2 aromatic heterocycles. The van der Waals surface area contributed by atoms with Crippen molar-refractivity contribution >= 4 is 17.6 Å². The monoisotopic (exact) mass is 485 g/mol. The molecule has 0 radical (unpaired) electrons. The number of aromatic nitrogens is 3. The molecule has 0 unspecified atom stereocenters.